The van der Waals surface area contributed by atoms with Gasteiger partial charge in [-0.1, -0.05) is 0 Å². The summed E-state index contributed by atoms with van der Waals surface area (Å²) in [6.07, 6.45) is 0.819. The van der Waals surface area contributed by atoms with Gasteiger partial charge in [-0.3, -0.25) is 0 Å². The Bertz CT molecular complexity index is 141. The van der Waals surface area contributed by atoms with Gasteiger partial charge in [0.05, 0.1) is 12.6 Å². The van der Waals surface area contributed by atoms with E-state index in [1.54, 1.807) is 0 Å². The molecule has 3 nitrogen and oxygen atoms in total. The monoisotopic (exact) mass is 195 g/mol. The van der Waals surface area contributed by atoms with E-state index in [-0.39, 0.29) is 0 Å². The van der Waals surface area contributed by atoms with Crippen LogP contribution in [0.1, 0.15) is 13.3 Å². The molecule has 0 aromatic heterocycles. The van der Waals surface area contributed by atoms with Crippen molar-refractivity contribution in [2.45, 2.75) is 13.3 Å². The van der Waals surface area contributed by atoms with Gasteiger partial charge in [-0.05, 0) is 36.9 Å². The minimum absolute atomic E-state index is 0.612. The maximum Gasteiger partial charge on any atom is 0.0892 e. The minimum Gasteiger partial charge on any atom is -0.226 e. The van der Waals surface area contributed by atoms with Crippen molar-refractivity contribution in [3.05, 3.63) is 0 Å². The van der Waals surface area contributed by atoms with Crippen molar-refractivity contribution in [2.75, 3.05) is 19.6 Å². The van der Waals surface area contributed by atoms with E-state index >= 15 is 0 Å². The van der Waals surface area contributed by atoms with E-state index in [0.29, 0.717) is 13.1 Å². The fourth-order valence-electron chi connectivity index (χ4n) is 0.440. The first-order valence-electron chi connectivity index (χ1n) is 3.44. The van der Waals surface area contributed by atoms with Crippen molar-refractivity contribution in [2.24, 2.45) is 9.98 Å². The van der Waals surface area contributed by atoms with Crippen molar-refractivity contribution in [3.8, 4) is 0 Å². The molecular formula is C6H11Cl2N3. The Hall–Kier alpha value is -0.0800. The highest BCUT2D eigenvalue weighted by Crippen LogP contribution is 1.98. The Labute approximate surface area is 76.9 Å². The first kappa shape index (κ1) is 10.9. The molecule has 0 heterocycles. The van der Waals surface area contributed by atoms with Crippen LogP contribution in [0, 0.1) is 0 Å². The van der Waals surface area contributed by atoms with Gasteiger partial charge in [0.15, 0.2) is 0 Å². The average molecular weight is 196 g/mol. The third kappa shape index (κ3) is 9.92. The topological polar surface area (TPSA) is 28.0 Å². The fourth-order valence-corrected chi connectivity index (χ4v) is 0.679. The molecule has 0 aliphatic heterocycles. The maximum atomic E-state index is 5.33. The standard InChI is InChI=1S/C6H11Cl2N3/c1-2-9-6-10-4-3-5-11(7)8/h2-5H2,1H3. The second-order valence-electron chi connectivity index (χ2n) is 1.84. The Morgan fingerprint density at radius 1 is 1.36 bits per heavy atom. The van der Waals surface area contributed by atoms with E-state index in [0.717, 1.165) is 16.9 Å². The molecule has 0 saturated carbocycles. The second-order valence-corrected chi connectivity index (χ2v) is 2.83. The smallest absolute Gasteiger partial charge is 0.0892 e. The largest absolute Gasteiger partial charge is 0.226 e. The summed E-state index contributed by atoms with van der Waals surface area (Å²) in [5.74, 6) is 0. The summed E-state index contributed by atoms with van der Waals surface area (Å²) in [7, 11) is 0. The molecule has 0 radical (unpaired) electrons. The summed E-state index contributed by atoms with van der Waals surface area (Å²) in [6.45, 7) is 3.93. The van der Waals surface area contributed by atoms with Crippen LogP contribution in [0.4, 0.5) is 0 Å². The van der Waals surface area contributed by atoms with Crippen LogP contribution in [0.3, 0.4) is 0 Å². The molecule has 0 aliphatic carbocycles. The van der Waals surface area contributed by atoms with Crippen LogP contribution in [0.5, 0.6) is 0 Å². The van der Waals surface area contributed by atoms with Gasteiger partial charge >= 0.3 is 0 Å². The molecule has 0 spiro atoms. The average Bonchev–Trinajstić information content (AvgIpc) is 1.96. The van der Waals surface area contributed by atoms with Gasteiger partial charge in [-0.15, -0.1) is 3.94 Å². The summed E-state index contributed by atoms with van der Waals surface area (Å²) < 4.78 is 1.09. The van der Waals surface area contributed by atoms with Gasteiger partial charge in [0.1, 0.15) is 0 Å². The molecule has 0 rings (SSSR count). The molecule has 0 amide bonds. The predicted molar refractivity (Wildman–Crippen MR) is 48.3 cm³/mol. The highest BCUT2D eigenvalue weighted by Gasteiger charge is 1.91. The number of halogens is 2. The summed E-state index contributed by atoms with van der Waals surface area (Å²) in [5.41, 5.74) is 0. The summed E-state index contributed by atoms with van der Waals surface area (Å²) in [4.78, 5) is 7.66. The summed E-state index contributed by atoms with van der Waals surface area (Å²) in [6, 6.07) is 2.55. The zero-order chi connectivity index (χ0) is 8.53. The lowest BCUT2D eigenvalue weighted by Crippen LogP contribution is -2.00. The molecule has 0 aliphatic rings. The Balaban J connectivity index is 3.20. The van der Waals surface area contributed by atoms with Crippen LogP contribution in [0.15, 0.2) is 9.98 Å². The summed E-state index contributed by atoms with van der Waals surface area (Å²) in [5, 5.41) is 0. The first-order valence-corrected chi connectivity index (χ1v) is 4.12. The van der Waals surface area contributed by atoms with Crippen molar-refractivity contribution in [1.29, 1.82) is 0 Å². The molecule has 0 aromatic rings. The van der Waals surface area contributed by atoms with Gasteiger partial charge < -0.3 is 0 Å². The predicted octanol–water partition coefficient (Wildman–Crippen LogP) is 2.18. The van der Waals surface area contributed by atoms with E-state index in [9.17, 15) is 0 Å². The van der Waals surface area contributed by atoms with Gasteiger partial charge in [-0.2, -0.15) is 0 Å². The molecule has 0 unspecified atom stereocenters. The molecule has 0 fully saturated rings. The molecule has 0 bridgehead atoms. The van der Waals surface area contributed by atoms with Gasteiger partial charge in [0, 0.05) is 13.1 Å². The van der Waals surface area contributed by atoms with Gasteiger partial charge in [0.2, 0.25) is 0 Å². The second kappa shape index (κ2) is 8.02. The Morgan fingerprint density at radius 2 is 2.09 bits per heavy atom. The molecule has 0 atom stereocenters. The van der Waals surface area contributed by atoms with Crippen molar-refractivity contribution >= 4 is 29.6 Å². The van der Waals surface area contributed by atoms with Gasteiger partial charge in [0.25, 0.3) is 0 Å². The molecule has 0 N–H and O–H groups in total. The van der Waals surface area contributed by atoms with E-state index in [1.807, 2.05) is 6.92 Å². The zero-order valence-corrected chi connectivity index (χ0v) is 7.94. The highest BCUT2D eigenvalue weighted by molar-refractivity contribution is 6.33. The Kier molecular flexibility index (Phi) is 7.96. The normalized spacial score (nSPS) is 9.45. The third-order valence-electron chi connectivity index (χ3n) is 0.897. The van der Waals surface area contributed by atoms with Crippen LogP contribution in [0.2, 0.25) is 0 Å². The van der Waals surface area contributed by atoms with E-state index in [4.69, 9.17) is 23.6 Å². The number of nitrogens with zero attached hydrogens (tertiary/aromatic N) is 3. The SMILES string of the molecule is CCN=C=NCCCN(Cl)Cl. The lowest BCUT2D eigenvalue weighted by molar-refractivity contribution is 0.655. The van der Waals surface area contributed by atoms with Crippen molar-refractivity contribution in [3.63, 3.8) is 0 Å². The highest BCUT2D eigenvalue weighted by atomic mass is 35.5. The number of hydrogen-bond acceptors (Lipinski definition) is 3. The van der Waals surface area contributed by atoms with Crippen molar-refractivity contribution in [1.82, 2.24) is 3.94 Å². The lowest BCUT2D eigenvalue weighted by atomic mass is 10.4. The molecular weight excluding hydrogens is 185 g/mol. The van der Waals surface area contributed by atoms with Crippen LogP contribution in [0.25, 0.3) is 0 Å². The van der Waals surface area contributed by atoms with E-state index in [1.165, 1.54) is 0 Å². The quantitative estimate of drug-likeness (QED) is 0.376. The number of hydrogen-bond donors (Lipinski definition) is 0. The zero-order valence-electron chi connectivity index (χ0n) is 6.43. The first-order chi connectivity index (χ1) is 5.27. The number of rotatable bonds is 5. The molecule has 11 heavy (non-hydrogen) atoms. The van der Waals surface area contributed by atoms with E-state index < -0.39 is 0 Å². The molecule has 5 heteroatoms. The van der Waals surface area contributed by atoms with Crippen LogP contribution >= 0.6 is 23.6 Å². The van der Waals surface area contributed by atoms with Crippen LogP contribution < -0.4 is 0 Å². The Morgan fingerprint density at radius 3 is 2.64 bits per heavy atom. The minimum atomic E-state index is 0.612. The van der Waals surface area contributed by atoms with Crippen LogP contribution in [-0.4, -0.2) is 29.6 Å². The molecule has 0 aromatic carbocycles. The fraction of sp³-hybridized carbons (Fsp3) is 0.833. The third-order valence-corrected chi connectivity index (χ3v) is 1.23. The molecule has 0 saturated heterocycles. The summed E-state index contributed by atoms with van der Waals surface area (Å²) >= 11 is 10.7. The number of aliphatic imine (C=N–C) groups is 2. The lowest BCUT2D eigenvalue weighted by Gasteiger charge is -1.98. The van der Waals surface area contributed by atoms with Crippen molar-refractivity contribution < 1.29 is 0 Å². The van der Waals surface area contributed by atoms with Crippen LogP contribution in [-0.2, 0) is 0 Å². The maximum absolute atomic E-state index is 5.33. The van der Waals surface area contributed by atoms with E-state index in [2.05, 4.69) is 16.0 Å². The van der Waals surface area contributed by atoms with Gasteiger partial charge in [-0.25, -0.2) is 9.98 Å². The molecule has 64 valence electrons.